The number of hydrogen-bond donors (Lipinski definition) is 1. The Morgan fingerprint density at radius 2 is 1.95 bits per heavy atom. The van der Waals surface area contributed by atoms with Gasteiger partial charge in [0.1, 0.15) is 0 Å². The molecule has 0 radical (unpaired) electrons. The first-order valence-electron chi connectivity index (χ1n) is 6.49. The Morgan fingerprint density at radius 3 is 2.45 bits per heavy atom. The van der Waals surface area contributed by atoms with E-state index < -0.39 is 16.0 Å². The SMILES string of the molecule is COC(=O)c1cccc(S(=O)(=O)N(C)CC(C)(C)CN)c1.Cl. The number of sulfonamides is 1. The minimum absolute atomic E-state index is 0. The van der Waals surface area contributed by atoms with Gasteiger partial charge in [-0.1, -0.05) is 19.9 Å². The Morgan fingerprint density at radius 1 is 1.36 bits per heavy atom. The molecule has 0 saturated heterocycles. The minimum Gasteiger partial charge on any atom is -0.465 e. The number of nitrogens with zero attached hydrogens (tertiary/aromatic N) is 1. The van der Waals surface area contributed by atoms with Crippen LogP contribution in [0.15, 0.2) is 29.2 Å². The number of carbonyl (C=O) groups excluding carboxylic acids is 1. The Labute approximate surface area is 138 Å². The van der Waals surface area contributed by atoms with E-state index in [2.05, 4.69) is 4.74 Å². The van der Waals surface area contributed by atoms with Crippen molar-refractivity contribution in [2.75, 3.05) is 27.2 Å². The molecular weight excluding hydrogens is 328 g/mol. The summed E-state index contributed by atoms with van der Waals surface area (Å²) in [6.07, 6.45) is 0. The molecule has 0 heterocycles. The summed E-state index contributed by atoms with van der Waals surface area (Å²) in [4.78, 5) is 11.5. The molecule has 6 nitrogen and oxygen atoms in total. The maximum Gasteiger partial charge on any atom is 0.337 e. The van der Waals surface area contributed by atoms with Crippen LogP contribution in [-0.2, 0) is 14.8 Å². The van der Waals surface area contributed by atoms with Crippen molar-refractivity contribution in [1.29, 1.82) is 0 Å². The van der Waals surface area contributed by atoms with Gasteiger partial charge in [-0.2, -0.15) is 0 Å². The molecule has 0 spiro atoms. The van der Waals surface area contributed by atoms with Gasteiger partial charge in [-0.25, -0.2) is 17.5 Å². The van der Waals surface area contributed by atoms with Gasteiger partial charge in [0.05, 0.1) is 17.6 Å². The van der Waals surface area contributed by atoms with Crippen LogP contribution in [0, 0.1) is 5.41 Å². The van der Waals surface area contributed by atoms with Gasteiger partial charge in [-0.15, -0.1) is 12.4 Å². The lowest BCUT2D eigenvalue weighted by Crippen LogP contribution is -2.39. The monoisotopic (exact) mass is 350 g/mol. The molecule has 0 aliphatic heterocycles. The molecule has 0 fully saturated rings. The summed E-state index contributed by atoms with van der Waals surface area (Å²) < 4.78 is 30.9. The maximum absolute atomic E-state index is 12.5. The highest BCUT2D eigenvalue weighted by atomic mass is 35.5. The van der Waals surface area contributed by atoms with Gasteiger partial charge in [0.2, 0.25) is 10.0 Å². The van der Waals surface area contributed by atoms with E-state index in [-0.39, 0.29) is 34.8 Å². The first-order chi connectivity index (χ1) is 9.64. The van der Waals surface area contributed by atoms with Crippen LogP contribution in [0.5, 0.6) is 0 Å². The van der Waals surface area contributed by atoms with Gasteiger partial charge in [0, 0.05) is 13.6 Å². The fourth-order valence-corrected chi connectivity index (χ4v) is 3.24. The molecule has 1 rings (SSSR count). The van der Waals surface area contributed by atoms with E-state index in [1.165, 1.54) is 42.7 Å². The fraction of sp³-hybridized carbons (Fsp3) is 0.500. The van der Waals surface area contributed by atoms with Gasteiger partial charge in [0.25, 0.3) is 0 Å². The molecule has 1 aromatic carbocycles. The third-order valence-electron chi connectivity index (χ3n) is 3.17. The van der Waals surface area contributed by atoms with Gasteiger partial charge >= 0.3 is 5.97 Å². The zero-order valence-electron chi connectivity index (χ0n) is 13.2. The van der Waals surface area contributed by atoms with E-state index in [0.717, 1.165) is 0 Å². The van der Waals surface area contributed by atoms with Crippen molar-refractivity contribution in [2.24, 2.45) is 11.1 Å². The first kappa shape index (κ1) is 20.9. The predicted molar refractivity (Wildman–Crippen MR) is 87.7 cm³/mol. The number of carbonyl (C=O) groups is 1. The molecule has 22 heavy (non-hydrogen) atoms. The van der Waals surface area contributed by atoms with Crippen LogP contribution in [0.1, 0.15) is 24.2 Å². The number of esters is 1. The molecule has 1 aromatic rings. The van der Waals surface area contributed by atoms with Gasteiger partial charge < -0.3 is 10.5 Å². The topological polar surface area (TPSA) is 89.7 Å². The Kier molecular flexibility index (Phi) is 7.50. The smallest absolute Gasteiger partial charge is 0.337 e. The second-order valence-electron chi connectivity index (χ2n) is 5.65. The third kappa shape index (κ3) is 4.95. The number of benzene rings is 1. The van der Waals surface area contributed by atoms with Gasteiger partial charge in [-0.3, -0.25) is 0 Å². The molecule has 0 atom stereocenters. The molecule has 0 aliphatic carbocycles. The first-order valence-corrected chi connectivity index (χ1v) is 7.93. The van der Waals surface area contributed by atoms with Crippen LogP contribution in [-0.4, -0.2) is 45.9 Å². The Balaban J connectivity index is 0.00000441. The Hall–Kier alpha value is -1.15. The quantitative estimate of drug-likeness (QED) is 0.785. The zero-order valence-corrected chi connectivity index (χ0v) is 14.8. The van der Waals surface area contributed by atoms with Crippen LogP contribution in [0.3, 0.4) is 0 Å². The fourth-order valence-electron chi connectivity index (χ4n) is 1.83. The number of methoxy groups -OCH3 is 1. The molecule has 0 aliphatic rings. The maximum atomic E-state index is 12.5. The van der Waals surface area contributed by atoms with Crippen LogP contribution in [0.4, 0.5) is 0 Å². The lowest BCUT2D eigenvalue weighted by atomic mass is 9.94. The molecule has 2 N–H and O–H groups in total. The van der Waals surface area contributed by atoms with Crippen molar-refractivity contribution < 1.29 is 17.9 Å². The van der Waals surface area contributed by atoms with Crippen molar-refractivity contribution in [3.8, 4) is 0 Å². The molecule has 0 aromatic heterocycles. The third-order valence-corrected chi connectivity index (χ3v) is 4.97. The van der Waals surface area contributed by atoms with Crippen molar-refractivity contribution in [2.45, 2.75) is 18.7 Å². The van der Waals surface area contributed by atoms with Crippen molar-refractivity contribution in [3.05, 3.63) is 29.8 Å². The summed E-state index contributed by atoms with van der Waals surface area (Å²) in [6.45, 7) is 4.44. The summed E-state index contributed by atoms with van der Waals surface area (Å²) >= 11 is 0. The van der Waals surface area contributed by atoms with E-state index >= 15 is 0 Å². The summed E-state index contributed by atoms with van der Waals surface area (Å²) in [5.41, 5.74) is 5.50. The van der Waals surface area contributed by atoms with Crippen molar-refractivity contribution in [3.63, 3.8) is 0 Å². The van der Waals surface area contributed by atoms with E-state index in [1.807, 2.05) is 13.8 Å². The Bertz CT molecular complexity index is 617. The molecule has 126 valence electrons. The minimum atomic E-state index is -3.68. The van der Waals surface area contributed by atoms with Crippen molar-refractivity contribution in [1.82, 2.24) is 4.31 Å². The van der Waals surface area contributed by atoms with Crippen LogP contribution >= 0.6 is 12.4 Å². The van der Waals surface area contributed by atoms with E-state index in [9.17, 15) is 13.2 Å². The van der Waals surface area contributed by atoms with E-state index in [1.54, 1.807) is 0 Å². The zero-order chi connectivity index (χ0) is 16.3. The van der Waals surface area contributed by atoms with Crippen LogP contribution < -0.4 is 5.73 Å². The number of rotatable bonds is 6. The molecule has 0 saturated carbocycles. The highest BCUT2D eigenvalue weighted by Gasteiger charge is 2.27. The van der Waals surface area contributed by atoms with Crippen LogP contribution in [0.2, 0.25) is 0 Å². The lowest BCUT2D eigenvalue weighted by Gasteiger charge is -2.28. The molecular formula is C14H23ClN2O4S. The molecule has 0 bridgehead atoms. The van der Waals surface area contributed by atoms with Crippen molar-refractivity contribution >= 4 is 28.4 Å². The molecule has 0 unspecified atom stereocenters. The number of ether oxygens (including phenoxy) is 1. The van der Waals surface area contributed by atoms with E-state index in [4.69, 9.17) is 5.73 Å². The summed E-state index contributed by atoms with van der Waals surface area (Å²) in [5.74, 6) is -0.572. The largest absolute Gasteiger partial charge is 0.465 e. The summed E-state index contributed by atoms with van der Waals surface area (Å²) in [7, 11) is -0.930. The van der Waals surface area contributed by atoms with Crippen LogP contribution in [0.25, 0.3) is 0 Å². The number of hydrogen-bond acceptors (Lipinski definition) is 5. The lowest BCUT2D eigenvalue weighted by molar-refractivity contribution is 0.0600. The van der Waals surface area contributed by atoms with E-state index in [0.29, 0.717) is 6.54 Å². The highest BCUT2D eigenvalue weighted by molar-refractivity contribution is 7.89. The molecule has 0 amide bonds. The molecule has 8 heteroatoms. The summed E-state index contributed by atoms with van der Waals surface area (Å²) in [6, 6.07) is 5.79. The average molecular weight is 351 g/mol. The summed E-state index contributed by atoms with van der Waals surface area (Å²) in [5, 5.41) is 0. The van der Waals surface area contributed by atoms with Gasteiger partial charge in [0.15, 0.2) is 0 Å². The van der Waals surface area contributed by atoms with Gasteiger partial charge in [-0.05, 0) is 30.2 Å². The predicted octanol–water partition coefficient (Wildman–Crippen LogP) is 1.50. The normalized spacial score (nSPS) is 11.9. The average Bonchev–Trinajstić information content (AvgIpc) is 2.46. The second kappa shape index (κ2) is 7.92. The highest BCUT2D eigenvalue weighted by Crippen LogP contribution is 2.21. The second-order valence-corrected chi connectivity index (χ2v) is 7.69. The standard InChI is InChI=1S/C14H22N2O4S.ClH/c1-14(2,9-15)10-16(3)21(18,19)12-7-5-6-11(8-12)13(17)20-4;/h5-8H,9-10,15H2,1-4H3;1H. The number of nitrogens with two attached hydrogens (primary N) is 1. The number of halogens is 1.